The average molecular weight is 1030 g/mol. The lowest BCUT2D eigenvalue weighted by molar-refractivity contribution is -0.302. The van der Waals surface area contributed by atoms with Crippen molar-refractivity contribution in [3.8, 4) is 0 Å². The number of hydrogen-bond donors (Lipinski definition) is 6. The summed E-state index contributed by atoms with van der Waals surface area (Å²) < 4.78 is 11.3. The van der Waals surface area contributed by atoms with Crippen LogP contribution in [0.3, 0.4) is 0 Å². The molecule has 9 heteroatoms. The first-order chi connectivity index (χ1) is 35.8. The third-order valence-electron chi connectivity index (χ3n) is 14.9. The van der Waals surface area contributed by atoms with Crippen LogP contribution in [0, 0.1) is 0 Å². The van der Waals surface area contributed by atoms with Crippen molar-refractivity contribution in [2.24, 2.45) is 0 Å². The molecule has 428 valence electrons. The molecule has 9 nitrogen and oxygen atoms in total. The molecule has 1 amide bonds. The number of hydrogen-bond acceptors (Lipinski definition) is 8. The van der Waals surface area contributed by atoms with Crippen molar-refractivity contribution in [2.75, 3.05) is 13.2 Å². The second-order valence-corrected chi connectivity index (χ2v) is 21.8. The van der Waals surface area contributed by atoms with Gasteiger partial charge in [-0.3, -0.25) is 4.79 Å². The average Bonchev–Trinajstić information content (AvgIpc) is 3.39. The molecule has 1 aliphatic heterocycles. The monoisotopic (exact) mass is 1030 g/mol. The highest BCUT2D eigenvalue weighted by atomic mass is 16.7. The summed E-state index contributed by atoms with van der Waals surface area (Å²) in [6.07, 6.45) is 64.9. The molecule has 0 spiro atoms. The highest BCUT2D eigenvalue weighted by Crippen LogP contribution is 2.23. The normalized spacial score (nSPS) is 19.4. The molecule has 1 aliphatic rings. The van der Waals surface area contributed by atoms with Crippen LogP contribution in [-0.2, 0) is 14.3 Å². The Morgan fingerprint density at radius 3 is 1.15 bits per heavy atom. The van der Waals surface area contributed by atoms with E-state index in [2.05, 4.69) is 55.6 Å². The van der Waals surface area contributed by atoms with Crippen LogP contribution in [-0.4, -0.2) is 87.5 Å². The number of carbonyl (C=O) groups is 1. The molecule has 0 aromatic heterocycles. The summed E-state index contributed by atoms with van der Waals surface area (Å²) in [5.41, 5.74) is 0. The maximum atomic E-state index is 13.1. The Kier molecular flexibility index (Phi) is 50.7. The molecule has 6 N–H and O–H groups in total. The minimum Gasteiger partial charge on any atom is -0.394 e. The van der Waals surface area contributed by atoms with Gasteiger partial charge in [-0.05, 0) is 70.6 Å². The van der Waals surface area contributed by atoms with Gasteiger partial charge in [0.1, 0.15) is 24.4 Å². The van der Waals surface area contributed by atoms with Crippen LogP contribution in [0.1, 0.15) is 296 Å². The lowest BCUT2D eigenvalue weighted by Gasteiger charge is -2.40. The fourth-order valence-electron chi connectivity index (χ4n) is 9.89. The summed E-state index contributed by atoms with van der Waals surface area (Å²) in [7, 11) is 0. The minimum absolute atomic E-state index is 0.187. The van der Waals surface area contributed by atoms with Crippen LogP contribution in [0.25, 0.3) is 0 Å². The van der Waals surface area contributed by atoms with Crippen molar-refractivity contribution in [3.05, 3.63) is 48.6 Å². The molecule has 0 aromatic carbocycles. The van der Waals surface area contributed by atoms with Gasteiger partial charge in [0, 0.05) is 6.42 Å². The molecule has 7 atom stereocenters. The van der Waals surface area contributed by atoms with Gasteiger partial charge >= 0.3 is 0 Å². The molecule has 1 rings (SSSR count). The summed E-state index contributed by atoms with van der Waals surface area (Å²) in [4.78, 5) is 13.1. The van der Waals surface area contributed by atoms with Crippen LogP contribution in [0.4, 0.5) is 0 Å². The molecular weight excluding hydrogens is 911 g/mol. The number of nitrogens with one attached hydrogen (secondary N) is 1. The Balaban J connectivity index is 2.16. The predicted octanol–water partition coefficient (Wildman–Crippen LogP) is 16.1. The summed E-state index contributed by atoms with van der Waals surface area (Å²) >= 11 is 0. The van der Waals surface area contributed by atoms with Gasteiger partial charge in [-0.1, -0.05) is 268 Å². The van der Waals surface area contributed by atoms with Crippen LogP contribution < -0.4 is 5.32 Å². The van der Waals surface area contributed by atoms with Crippen molar-refractivity contribution >= 4 is 5.91 Å². The number of ether oxygens (including phenoxy) is 2. The van der Waals surface area contributed by atoms with Crippen molar-refractivity contribution in [1.82, 2.24) is 5.32 Å². The fraction of sp³-hybridized carbons (Fsp3) is 0.859. The first-order valence-electron chi connectivity index (χ1n) is 31.4. The number of unbranched alkanes of at least 4 members (excludes halogenated alkanes) is 38. The number of carbonyl (C=O) groups excluding carboxylic acids is 1. The summed E-state index contributed by atoms with van der Waals surface area (Å²) in [6, 6.07) is -0.828. The number of aliphatic hydroxyl groups excluding tert-OH is 5. The van der Waals surface area contributed by atoms with Crippen LogP contribution in [0.2, 0.25) is 0 Å². The molecule has 0 bridgehead atoms. The molecule has 7 unspecified atom stereocenters. The third-order valence-corrected chi connectivity index (χ3v) is 14.9. The van der Waals surface area contributed by atoms with Gasteiger partial charge in [0.15, 0.2) is 6.29 Å². The van der Waals surface area contributed by atoms with E-state index in [0.717, 1.165) is 44.9 Å². The molecule has 1 saturated heterocycles. The van der Waals surface area contributed by atoms with Gasteiger partial charge in [-0.25, -0.2) is 0 Å². The molecule has 0 saturated carbocycles. The minimum atomic E-state index is -1.58. The number of allylic oxidation sites excluding steroid dienone is 7. The maximum Gasteiger partial charge on any atom is 0.220 e. The van der Waals surface area contributed by atoms with E-state index in [1.807, 2.05) is 6.08 Å². The van der Waals surface area contributed by atoms with Crippen molar-refractivity contribution in [2.45, 2.75) is 339 Å². The zero-order valence-corrected chi connectivity index (χ0v) is 47.6. The Morgan fingerprint density at radius 1 is 0.452 bits per heavy atom. The van der Waals surface area contributed by atoms with Gasteiger partial charge < -0.3 is 40.3 Å². The van der Waals surface area contributed by atoms with E-state index in [1.165, 1.54) is 231 Å². The lowest BCUT2D eigenvalue weighted by atomic mass is 9.99. The zero-order valence-electron chi connectivity index (χ0n) is 47.6. The van der Waals surface area contributed by atoms with E-state index in [0.29, 0.717) is 6.42 Å². The molecular formula is C64H119NO8. The Labute approximate surface area is 450 Å². The third kappa shape index (κ3) is 42.9. The second kappa shape index (κ2) is 53.5. The van der Waals surface area contributed by atoms with Crippen LogP contribution >= 0.6 is 0 Å². The zero-order chi connectivity index (χ0) is 52.9. The van der Waals surface area contributed by atoms with Gasteiger partial charge in [-0.15, -0.1) is 0 Å². The SMILES string of the molecule is CCCCCCCCCC/C=C/CC/C=C/CC/C=C/C(O)C(COC1OC(CO)C(O)C(O)C1O)NC(=O)CCCCCCCCCCCCCCCCCC/C=C\CCCCCCCCCCCCCC. The molecule has 73 heavy (non-hydrogen) atoms. The Bertz CT molecular complexity index is 1290. The molecule has 0 aromatic rings. The first kappa shape index (κ1) is 69.2. The smallest absolute Gasteiger partial charge is 0.220 e. The summed E-state index contributed by atoms with van der Waals surface area (Å²) in [5, 5.41) is 54.5. The molecule has 1 heterocycles. The van der Waals surface area contributed by atoms with Crippen molar-refractivity contribution < 1.29 is 39.8 Å². The Morgan fingerprint density at radius 2 is 0.781 bits per heavy atom. The van der Waals surface area contributed by atoms with Crippen molar-refractivity contribution in [1.29, 1.82) is 0 Å². The quantitative estimate of drug-likeness (QED) is 0.0261. The standard InChI is InChI=1S/C64H119NO8/c1-3-5-7-9-11-13-15-17-19-21-23-24-25-26-27-28-29-30-31-32-33-34-35-36-38-40-42-44-46-48-50-52-54-60(68)65-57(56-72-64-63(71)62(70)61(69)59(55-66)73-64)58(67)53-51-49-47-45-43-41-39-37-22-20-18-16-14-12-10-8-6-4-2/h22,26-27,37,43,45,51,53,57-59,61-64,66-67,69-71H,3-21,23-25,28-36,38-42,44,46-50,52,54-56H2,1-2H3,(H,65,68)/b27-26-,37-22+,45-43+,53-51+. The van der Waals surface area contributed by atoms with E-state index < -0.39 is 49.5 Å². The largest absolute Gasteiger partial charge is 0.394 e. The maximum absolute atomic E-state index is 13.1. The van der Waals surface area contributed by atoms with E-state index >= 15 is 0 Å². The molecule has 0 radical (unpaired) electrons. The van der Waals surface area contributed by atoms with E-state index in [1.54, 1.807) is 6.08 Å². The predicted molar refractivity (Wildman–Crippen MR) is 309 cm³/mol. The fourth-order valence-corrected chi connectivity index (χ4v) is 9.89. The highest BCUT2D eigenvalue weighted by molar-refractivity contribution is 5.76. The van der Waals surface area contributed by atoms with Gasteiger partial charge in [0.25, 0.3) is 0 Å². The van der Waals surface area contributed by atoms with Gasteiger partial charge in [-0.2, -0.15) is 0 Å². The van der Waals surface area contributed by atoms with E-state index in [4.69, 9.17) is 9.47 Å². The Hall–Kier alpha value is -1.85. The number of rotatable bonds is 54. The van der Waals surface area contributed by atoms with Crippen molar-refractivity contribution in [3.63, 3.8) is 0 Å². The number of aliphatic hydroxyl groups is 5. The molecule has 0 aliphatic carbocycles. The van der Waals surface area contributed by atoms with Gasteiger partial charge in [0.2, 0.25) is 5.91 Å². The second-order valence-electron chi connectivity index (χ2n) is 21.8. The van der Waals surface area contributed by atoms with Crippen LogP contribution in [0.15, 0.2) is 48.6 Å². The summed E-state index contributed by atoms with van der Waals surface area (Å²) in [5.74, 6) is -0.187. The van der Waals surface area contributed by atoms with Crippen LogP contribution in [0.5, 0.6) is 0 Å². The highest BCUT2D eigenvalue weighted by Gasteiger charge is 2.44. The summed E-state index contributed by atoms with van der Waals surface area (Å²) in [6.45, 7) is 3.78. The van der Waals surface area contributed by atoms with Gasteiger partial charge in [0.05, 0.1) is 25.4 Å². The first-order valence-corrected chi connectivity index (χ1v) is 31.4. The van der Waals surface area contributed by atoms with E-state index in [-0.39, 0.29) is 12.5 Å². The molecule has 1 fully saturated rings. The lowest BCUT2D eigenvalue weighted by Crippen LogP contribution is -2.60. The van der Waals surface area contributed by atoms with E-state index in [9.17, 15) is 30.3 Å². The number of amides is 1. The topological polar surface area (TPSA) is 149 Å².